The molecule has 0 radical (unpaired) electrons. The highest BCUT2D eigenvalue weighted by atomic mass is 32.2. The molecule has 1 aromatic rings. The summed E-state index contributed by atoms with van der Waals surface area (Å²) in [5.41, 5.74) is 0.414. The van der Waals surface area contributed by atoms with Crippen molar-refractivity contribution < 1.29 is 23.6 Å². The van der Waals surface area contributed by atoms with Crippen molar-refractivity contribution in [2.24, 2.45) is 0 Å². The van der Waals surface area contributed by atoms with Crippen LogP contribution < -0.4 is 15.4 Å². The third-order valence-corrected chi connectivity index (χ3v) is 3.52. The van der Waals surface area contributed by atoms with Gasteiger partial charge in [-0.15, -0.1) is 0 Å². The smallest absolute Gasteiger partial charge is 0.339 e. The molecule has 1 aromatic carbocycles. The van der Waals surface area contributed by atoms with E-state index >= 15 is 0 Å². The number of carbonyl (C=O) groups excluding carboxylic acids is 1. The van der Waals surface area contributed by atoms with Crippen LogP contribution in [-0.2, 0) is 10.8 Å². The third kappa shape index (κ3) is 5.42. The Morgan fingerprint density at radius 2 is 2.10 bits per heavy atom. The molecule has 0 bridgehead atoms. The van der Waals surface area contributed by atoms with Gasteiger partial charge < -0.3 is 20.5 Å². The van der Waals surface area contributed by atoms with Crippen molar-refractivity contribution in [3.63, 3.8) is 0 Å². The molecule has 0 aromatic heterocycles. The SMILES string of the molecule is COc1cc(NC(=O)NC(C)CS(C)=O)ccc1C(=O)O. The topological polar surface area (TPSA) is 105 Å². The number of nitrogens with one attached hydrogen (secondary N) is 2. The predicted octanol–water partition coefficient (Wildman–Crippen LogP) is 1.28. The van der Waals surface area contributed by atoms with Crippen LogP contribution in [0.4, 0.5) is 10.5 Å². The number of ether oxygens (including phenoxy) is 1. The lowest BCUT2D eigenvalue weighted by molar-refractivity contribution is 0.0693. The Bertz CT molecular complexity index is 561. The number of urea groups is 1. The second-order valence-corrected chi connectivity index (χ2v) is 5.94. The van der Waals surface area contributed by atoms with Gasteiger partial charge in [0.25, 0.3) is 0 Å². The summed E-state index contributed by atoms with van der Waals surface area (Å²) in [6.45, 7) is 1.75. The van der Waals surface area contributed by atoms with Crippen LogP contribution in [0.25, 0.3) is 0 Å². The van der Waals surface area contributed by atoms with Crippen molar-refractivity contribution in [1.82, 2.24) is 5.32 Å². The van der Waals surface area contributed by atoms with Gasteiger partial charge in [-0.1, -0.05) is 0 Å². The van der Waals surface area contributed by atoms with Gasteiger partial charge in [0.05, 0.1) is 7.11 Å². The normalized spacial score (nSPS) is 13.1. The number of rotatable bonds is 6. The quantitative estimate of drug-likeness (QED) is 0.733. The first-order valence-corrected chi connectivity index (χ1v) is 7.85. The van der Waals surface area contributed by atoms with E-state index in [2.05, 4.69) is 10.6 Å². The van der Waals surface area contributed by atoms with Crippen LogP contribution in [0.3, 0.4) is 0 Å². The van der Waals surface area contributed by atoms with Gasteiger partial charge >= 0.3 is 12.0 Å². The number of carbonyl (C=O) groups is 2. The van der Waals surface area contributed by atoms with Crippen LogP contribution >= 0.6 is 0 Å². The summed E-state index contributed by atoms with van der Waals surface area (Å²) in [6, 6.07) is 3.54. The van der Waals surface area contributed by atoms with E-state index in [1.165, 1.54) is 25.3 Å². The van der Waals surface area contributed by atoms with Gasteiger partial charge in [0.15, 0.2) is 0 Å². The number of hydrogen-bond acceptors (Lipinski definition) is 4. The highest BCUT2D eigenvalue weighted by molar-refractivity contribution is 7.84. The molecule has 0 fully saturated rings. The Kier molecular flexibility index (Phi) is 6.16. The van der Waals surface area contributed by atoms with Crippen molar-refractivity contribution in [3.8, 4) is 5.75 Å². The van der Waals surface area contributed by atoms with E-state index < -0.39 is 22.8 Å². The van der Waals surface area contributed by atoms with Gasteiger partial charge in [-0.2, -0.15) is 0 Å². The van der Waals surface area contributed by atoms with Crippen LogP contribution in [0.1, 0.15) is 17.3 Å². The maximum atomic E-state index is 11.7. The lowest BCUT2D eigenvalue weighted by Gasteiger charge is -2.14. The second kappa shape index (κ2) is 7.63. The molecule has 21 heavy (non-hydrogen) atoms. The van der Waals surface area contributed by atoms with E-state index in [-0.39, 0.29) is 17.4 Å². The number of amides is 2. The predicted molar refractivity (Wildman–Crippen MR) is 80.5 cm³/mol. The summed E-state index contributed by atoms with van der Waals surface area (Å²) in [5.74, 6) is -0.598. The highest BCUT2D eigenvalue weighted by Crippen LogP contribution is 2.23. The molecule has 3 N–H and O–H groups in total. The summed E-state index contributed by atoms with van der Waals surface area (Å²) < 4.78 is 16.0. The molecule has 2 amide bonds. The molecular weight excluding hydrogens is 296 g/mol. The van der Waals surface area contributed by atoms with E-state index in [4.69, 9.17) is 9.84 Å². The largest absolute Gasteiger partial charge is 0.496 e. The fourth-order valence-corrected chi connectivity index (χ4v) is 2.52. The van der Waals surface area contributed by atoms with Crippen LogP contribution in [0, 0.1) is 0 Å². The van der Waals surface area contributed by atoms with Crippen LogP contribution in [0.2, 0.25) is 0 Å². The molecule has 0 spiro atoms. The number of aromatic carboxylic acids is 1. The van der Waals surface area contributed by atoms with Gasteiger partial charge in [-0.05, 0) is 19.1 Å². The minimum absolute atomic E-state index is 0.0122. The lowest BCUT2D eigenvalue weighted by Crippen LogP contribution is -2.39. The van der Waals surface area contributed by atoms with Gasteiger partial charge in [0, 0.05) is 40.6 Å². The minimum atomic E-state index is -1.11. The third-order valence-electron chi connectivity index (χ3n) is 2.55. The number of hydrogen-bond donors (Lipinski definition) is 3. The maximum Gasteiger partial charge on any atom is 0.339 e. The average Bonchev–Trinajstić information content (AvgIpc) is 2.36. The molecule has 0 aliphatic rings. The molecule has 7 nitrogen and oxygen atoms in total. The summed E-state index contributed by atoms with van der Waals surface area (Å²) >= 11 is 0. The number of benzene rings is 1. The van der Waals surface area contributed by atoms with Crippen LogP contribution in [0.5, 0.6) is 5.75 Å². The molecule has 0 heterocycles. The van der Waals surface area contributed by atoms with Crippen molar-refractivity contribution >= 4 is 28.5 Å². The van der Waals surface area contributed by atoms with Crippen LogP contribution in [0.15, 0.2) is 18.2 Å². The zero-order valence-corrected chi connectivity index (χ0v) is 12.8. The average molecular weight is 314 g/mol. The fraction of sp³-hybridized carbons (Fsp3) is 0.385. The molecule has 8 heteroatoms. The summed E-state index contributed by atoms with van der Waals surface area (Å²) in [4.78, 5) is 22.7. The Hall–Kier alpha value is -2.09. The van der Waals surface area contributed by atoms with Gasteiger partial charge in [0.1, 0.15) is 11.3 Å². The van der Waals surface area contributed by atoms with Gasteiger partial charge in [0.2, 0.25) is 0 Å². The fourth-order valence-electron chi connectivity index (χ4n) is 1.73. The molecule has 0 aliphatic heterocycles. The number of methoxy groups -OCH3 is 1. The van der Waals surface area contributed by atoms with E-state index in [0.717, 1.165) is 0 Å². The van der Waals surface area contributed by atoms with E-state index in [1.807, 2.05) is 0 Å². The second-order valence-electron chi connectivity index (χ2n) is 4.46. The highest BCUT2D eigenvalue weighted by Gasteiger charge is 2.13. The Balaban J connectivity index is 2.72. The molecule has 2 unspecified atom stereocenters. The van der Waals surface area contributed by atoms with Crippen molar-refractivity contribution in [3.05, 3.63) is 23.8 Å². The molecule has 116 valence electrons. The summed E-state index contributed by atoms with van der Waals surface area (Å²) in [7, 11) is 0.352. The van der Waals surface area contributed by atoms with Crippen molar-refractivity contribution in [1.29, 1.82) is 0 Å². The Labute approximate surface area is 125 Å². The summed E-state index contributed by atoms with van der Waals surface area (Å²) in [6.07, 6.45) is 1.56. The van der Waals surface area contributed by atoms with E-state index in [9.17, 15) is 13.8 Å². The monoisotopic (exact) mass is 314 g/mol. The van der Waals surface area contributed by atoms with Gasteiger partial charge in [-0.25, -0.2) is 9.59 Å². The first-order chi connectivity index (χ1) is 9.83. The minimum Gasteiger partial charge on any atom is -0.496 e. The zero-order valence-electron chi connectivity index (χ0n) is 12.0. The molecule has 0 saturated carbocycles. The van der Waals surface area contributed by atoms with E-state index in [1.54, 1.807) is 13.2 Å². The zero-order chi connectivity index (χ0) is 16.0. The first kappa shape index (κ1) is 17.0. The van der Waals surface area contributed by atoms with E-state index in [0.29, 0.717) is 11.4 Å². The first-order valence-electron chi connectivity index (χ1n) is 6.12. The Morgan fingerprint density at radius 1 is 1.43 bits per heavy atom. The van der Waals surface area contributed by atoms with Gasteiger partial charge in [-0.3, -0.25) is 4.21 Å². The molecule has 2 atom stereocenters. The summed E-state index contributed by atoms with van der Waals surface area (Å²) in [5, 5.41) is 14.2. The van der Waals surface area contributed by atoms with Crippen molar-refractivity contribution in [2.75, 3.05) is 24.4 Å². The van der Waals surface area contributed by atoms with Crippen molar-refractivity contribution in [2.45, 2.75) is 13.0 Å². The van der Waals surface area contributed by atoms with Crippen LogP contribution in [-0.4, -0.2) is 46.5 Å². The number of anilines is 1. The number of carboxylic acid groups (broad SMARTS) is 1. The molecule has 0 aliphatic carbocycles. The maximum absolute atomic E-state index is 11.7. The lowest BCUT2D eigenvalue weighted by atomic mass is 10.2. The Morgan fingerprint density at radius 3 is 2.62 bits per heavy atom. The standard InChI is InChI=1S/C13H18N2O5S/c1-8(7-21(3)19)14-13(18)15-9-4-5-10(12(16)17)11(6-9)20-2/h4-6,8H,7H2,1-3H3,(H,16,17)(H2,14,15,18). The number of carboxylic acids is 1. The molecule has 0 saturated heterocycles. The molecule has 1 rings (SSSR count). The molecular formula is C13H18N2O5S.